The van der Waals surface area contributed by atoms with Crippen LogP contribution in [0.4, 0.5) is 8.78 Å². The molecule has 1 aromatic carbocycles. The van der Waals surface area contributed by atoms with Crippen molar-refractivity contribution in [2.45, 2.75) is 37.8 Å². The fraction of sp³-hybridized carbons (Fsp3) is 0.471. The number of hydrazone groups is 1. The van der Waals surface area contributed by atoms with E-state index in [0.29, 0.717) is 12.8 Å². The van der Waals surface area contributed by atoms with Crippen molar-refractivity contribution in [2.75, 3.05) is 7.05 Å². The molecule has 0 spiro atoms. The Balaban J connectivity index is 1.82. The van der Waals surface area contributed by atoms with Gasteiger partial charge in [0.1, 0.15) is 17.3 Å². The number of halogens is 2. The summed E-state index contributed by atoms with van der Waals surface area (Å²) in [7, 11) is 1.47. The average molecular weight is 351 g/mol. The van der Waals surface area contributed by atoms with Crippen molar-refractivity contribution in [1.82, 2.24) is 10.3 Å². The number of carbonyl (C=O) groups excluding carboxylic acids is 2. The molecule has 1 aliphatic heterocycles. The lowest BCUT2D eigenvalue weighted by Crippen LogP contribution is -2.45. The second-order valence-electron chi connectivity index (χ2n) is 6.47. The molecule has 3 rings (SSSR count). The van der Waals surface area contributed by atoms with E-state index >= 15 is 0 Å². The van der Waals surface area contributed by atoms with E-state index in [4.69, 9.17) is 0 Å². The second-order valence-corrected chi connectivity index (χ2v) is 6.47. The van der Waals surface area contributed by atoms with Gasteiger partial charge in [-0.15, -0.1) is 0 Å². The van der Waals surface area contributed by atoms with Crippen LogP contribution in [0.2, 0.25) is 0 Å². The standard InChI is InChI=1S/C17H19F2N3O3/c1-22-15(24)5-4-14(21-22)17(25)20-16(9-6-11(23)7-9)12-3-2-10(18)8-13(12)19/h2-3,8-9,11,16,23H,4-7H2,1H3,(H,20,25). The first-order chi connectivity index (χ1) is 11.8. The first-order valence-corrected chi connectivity index (χ1v) is 8.13. The molecule has 0 radical (unpaired) electrons. The van der Waals surface area contributed by atoms with Crippen molar-refractivity contribution in [1.29, 1.82) is 0 Å². The van der Waals surface area contributed by atoms with E-state index in [1.807, 2.05) is 0 Å². The van der Waals surface area contributed by atoms with Gasteiger partial charge in [-0.2, -0.15) is 5.10 Å². The van der Waals surface area contributed by atoms with E-state index in [2.05, 4.69) is 10.4 Å². The predicted octanol–water partition coefficient (Wildman–Crippen LogP) is 1.50. The smallest absolute Gasteiger partial charge is 0.267 e. The minimum absolute atomic E-state index is 0.150. The van der Waals surface area contributed by atoms with Gasteiger partial charge in [-0.05, 0) is 24.8 Å². The zero-order valence-electron chi connectivity index (χ0n) is 13.7. The van der Waals surface area contributed by atoms with Gasteiger partial charge in [-0.3, -0.25) is 9.59 Å². The largest absolute Gasteiger partial charge is 0.393 e. The number of hydrogen-bond donors (Lipinski definition) is 2. The zero-order chi connectivity index (χ0) is 18.1. The lowest BCUT2D eigenvalue weighted by molar-refractivity contribution is -0.130. The molecule has 1 atom stereocenters. The highest BCUT2D eigenvalue weighted by molar-refractivity contribution is 6.39. The number of nitrogens with one attached hydrogen (secondary N) is 1. The molecule has 6 nitrogen and oxygen atoms in total. The summed E-state index contributed by atoms with van der Waals surface area (Å²) in [6.45, 7) is 0. The maximum absolute atomic E-state index is 14.2. The quantitative estimate of drug-likeness (QED) is 0.863. The normalized spacial score (nSPS) is 24.4. The maximum atomic E-state index is 14.2. The highest BCUT2D eigenvalue weighted by Gasteiger charge is 2.37. The number of carbonyl (C=O) groups is 2. The van der Waals surface area contributed by atoms with E-state index in [1.54, 1.807) is 0 Å². The molecule has 1 saturated carbocycles. The molecule has 1 unspecified atom stereocenters. The zero-order valence-corrected chi connectivity index (χ0v) is 13.7. The van der Waals surface area contributed by atoms with E-state index in [0.717, 1.165) is 17.1 Å². The van der Waals surface area contributed by atoms with Gasteiger partial charge >= 0.3 is 0 Å². The molecule has 2 aliphatic rings. The Bertz CT molecular complexity index is 732. The summed E-state index contributed by atoms with van der Waals surface area (Å²) in [5, 5.41) is 17.3. The van der Waals surface area contributed by atoms with Gasteiger partial charge in [0.25, 0.3) is 5.91 Å². The summed E-state index contributed by atoms with van der Waals surface area (Å²) in [5.41, 5.74) is 0.363. The van der Waals surface area contributed by atoms with Crippen molar-refractivity contribution in [3.63, 3.8) is 0 Å². The van der Waals surface area contributed by atoms with Gasteiger partial charge in [0.2, 0.25) is 5.91 Å². The van der Waals surface area contributed by atoms with Crippen LogP contribution in [0.15, 0.2) is 23.3 Å². The predicted molar refractivity (Wildman–Crippen MR) is 85.4 cm³/mol. The summed E-state index contributed by atoms with van der Waals surface area (Å²) in [5.74, 6) is -2.27. The van der Waals surface area contributed by atoms with E-state index in [-0.39, 0.29) is 35.9 Å². The molecular weight excluding hydrogens is 332 g/mol. The molecule has 0 bridgehead atoms. The van der Waals surface area contributed by atoms with Crippen molar-refractivity contribution in [2.24, 2.45) is 11.0 Å². The Morgan fingerprint density at radius 1 is 1.36 bits per heavy atom. The monoisotopic (exact) mass is 351 g/mol. The summed E-state index contributed by atoms with van der Waals surface area (Å²) < 4.78 is 27.4. The van der Waals surface area contributed by atoms with E-state index in [1.165, 1.54) is 13.1 Å². The topological polar surface area (TPSA) is 82.0 Å². The molecule has 2 N–H and O–H groups in total. The summed E-state index contributed by atoms with van der Waals surface area (Å²) in [6, 6.07) is 2.52. The van der Waals surface area contributed by atoms with Crippen LogP contribution in [-0.2, 0) is 9.59 Å². The number of hydrogen-bond acceptors (Lipinski definition) is 4. The fourth-order valence-corrected chi connectivity index (χ4v) is 3.16. The van der Waals surface area contributed by atoms with Crippen LogP contribution in [0.5, 0.6) is 0 Å². The van der Waals surface area contributed by atoms with Crippen molar-refractivity contribution < 1.29 is 23.5 Å². The van der Waals surface area contributed by atoms with Crippen LogP contribution in [-0.4, -0.2) is 40.8 Å². The molecule has 8 heteroatoms. The molecule has 134 valence electrons. The Morgan fingerprint density at radius 3 is 2.68 bits per heavy atom. The number of nitrogens with zero attached hydrogens (tertiary/aromatic N) is 2. The van der Waals surface area contributed by atoms with Crippen LogP contribution in [0.1, 0.15) is 37.3 Å². The van der Waals surface area contributed by atoms with Crippen LogP contribution in [0.25, 0.3) is 0 Å². The van der Waals surface area contributed by atoms with Gasteiger partial charge in [0.15, 0.2) is 0 Å². The minimum Gasteiger partial charge on any atom is -0.393 e. The lowest BCUT2D eigenvalue weighted by Gasteiger charge is -2.38. The number of amides is 2. The SMILES string of the molecule is CN1N=C(C(=O)NC(c2ccc(F)cc2F)C2CC(O)C2)CCC1=O. The molecule has 1 heterocycles. The fourth-order valence-electron chi connectivity index (χ4n) is 3.16. The van der Waals surface area contributed by atoms with Gasteiger partial charge in [0, 0.05) is 31.5 Å². The third-order valence-electron chi connectivity index (χ3n) is 4.67. The molecule has 2 amide bonds. The third-order valence-corrected chi connectivity index (χ3v) is 4.67. The number of aliphatic hydroxyl groups is 1. The van der Waals surface area contributed by atoms with Gasteiger partial charge in [-0.1, -0.05) is 6.07 Å². The molecule has 0 saturated heterocycles. The highest BCUT2D eigenvalue weighted by atomic mass is 19.1. The first kappa shape index (κ1) is 17.5. The molecule has 0 aromatic heterocycles. The number of aliphatic hydroxyl groups excluding tert-OH is 1. The Morgan fingerprint density at radius 2 is 2.08 bits per heavy atom. The van der Waals surface area contributed by atoms with Crippen molar-refractivity contribution in [3.05, 3.63) is 35.4 Å². The third kappa shape index (κ3) is 3.68. The lowest BCUT2D eigenvalue weighted by atomic mass is 9.75. The molecule has 25 heavy (non-hydrogen) atoms. The Hall–Kier alpha value is -2.35. The summed E-state index contributed by atoms with van der Waals surface area (Å²) >= 11 is 0. The Labute approximate surface area is 143 Å². The summed E-state index contributed by atoms with van der Waals surface area (Å²) in [4.78, 5) is 24.0. The Kier molecular flexibility index (Phi) is 4.80. The van der Waals surface area contributed by atoms with Crippen LogP contribution >= 0.6 is 0 Å². The first-order valence-electron chi connectivity index (χ1n) is 8.13. The van der Waals surface area contributed by atoms with Crippen molar-refractivity contribution >= 4 is 17.5 Å². The second kappa shape index (κ2) is 6.87. The summed E-state index contributed by atoms with van der Waals surface area (Å²) in [6.07, 6.45) is 0.754. The number of rotatable bonds is 4. The van der Waals surface area contributed by atoms with E-state index < -0.39 is 29.7 Å². The van der Waals surface area contributed by atoms with Gasteiger partial charge < -0.3 is 10.4 Å². The maximum Gasteiger partial charge on any atom is 0.267 e. The number of benzene rings is 1. The van der Waals surface area contributed by atoms with Crippen LogP contribution in [0, 0.1) is 17.6 Å². The van der Waals surface area contributed by atoms with Crippen LogP contribution in [0.3, 0.4) is 0 Å². The molecule has 1 aliphatic carbocycles. The van der Waals surface area contributed by atoms with Crippen molar-refractivity contribution in [3.8, 4) is 0 Å². The van der Waals surface area contributed by atoms with Gasteiger partial charge in [-0.25, -0.2) is 13.8 Å². The minimum atomic E-state index is -0.746. The molecule has 1 aromatic rings. The average Bonchev–Trinajstić information content (AvgIpc) is 2.53. The van der Waals surface area contributed by atoms with Gasteiger partial charge in [0.05, 0.1) is 12.1 Å². The highest BCUT2D eigenvalue weighted by Crippen LogP contribution is 2.39. The molecular formula is C17H19F2N3O3. The van der Waals surface area contributed by atoms with Crippen LogP contribution < -0.4 is 5.32 Å². The van der Waals surface area contributed by atoms with E-state index in [9.17, 15) is 23.5 Å². The molecule has 1 fully saturated rings.